The Morgan fingerprint density at radius 1 is 1.09 bits per heavy atom. The normalized spacial score (nSPS) is 16.3. The number of aryl methyl sites for hydroxylation is 1. The van der Waals surface area contributed by atoms with Gasteiger partial charge in [0, 0.05) is 31.0 Å². The van der Waals surface area contributed by atoms with E-state index in [0.29, 0.717) is 31.5 Å². The molecule has 0 spiro atoms. The van der Waals surface area contributed by atoms with Crippen LogP contribution in [0.1, 0.15) is 50.3 Å². The summed E-state index contributed by atoms with van der Waals surface area (Å²) in [5.74, 6) is 0.935. The highest BCUT2D eigenvalue weighted by atomic mass is 16.5. The van der Waals surface area contributed by atoms with Crippen LogP contribution < -0.4 is 5.32 Å². The zero-order valence-electron chi connectivity index (χ0n) is 19.4. The molecule has 1 N–H and O–H groups in total. The Hall–Kier alpha value is -3.45. The summed E-state index contributed by atoms with van der Waals surface area (Å²) in [4.78, 5) is 19.4. The van der Waals surface area contributed by atoms with Crippen LogP contribution in [0, 0.1) is 0 Å². The van der Waals surface area contributed by atoms with Crippen molar-refractivity contribution in [3.8, 4) is 11.4 Å². The lowest BCUT2D eigenvalue weighted by Gasteiger charge is -2.35. The van der Waals surface area contributed by atoms with Crippen LogP contribution in [-0.4, -0.2) is 40.8 Å². The average Bonchev–Trinajstić information content (AvgIpc) is 3.33. The summed E-state index contributed by atoms with van der Waals surface area (Å²) in [5.41, 5.74) is 4.72. The lowest BCUT2D eigenvalue weighted by atomic mass is 9.94. The first-order valence-electron chi connectivity index (χ1n) is 11.5. The van der Waals surface area contributed by atoms with Crippen molar-refractivity contribution in [1.82, 2.24) is 20.4 Å². The van der Waals surface area contributed by atoms with Gasteiger partial charge in [0.25, 0.3) is 5.89 Å². The number of amides is 2. The molecular formula is C26H30N4O3. The van der Waals surface area contributed by atoms with Crippen LogP contribution >= 0.6 is 0 Å². The molecule has 1 aliphatic rings. The van der Waals surface area contributed by atoms with Gasteiger partial charge in [-0.15, -0.1) is 0 Å². The van der Waals surface area contributed by atoms with Crippen LogP contribution in [0.4, 0.5) is 4.79 Å². The number of carbonyl (C=O) groups excluding carboxylic acids is 1. The molecule has 2 heterocycles. The van der Waals surface area contributed by atoms with E-state index in [9.17, 15) is 4.79 Å². The van der Waals surface area contributed by atoms with E-state index in [1.54, 1.807) is 4.90 Å². The maximum absolute atomic E-state index is 13.0. The van der Waals surface area contributed by atoms with Gasteiger partial charge in [0.2, 0.25) is 5.82 Å². The summed E-state index contributed by atoms with van der Waals surface area (Å²) in [6, 6.07) is 17.5. The Labute approximate surface area is 194 Å². The molecule has 0 saturated heterocycles. The molecule has 7 heteroatoms. The molecule has 172 valence electrons. The number of allylic oxidation sites excluding steroid dienone is 1. The second-order valence-electron chi connectivity index (χ2n) is 7.97. The smallest absolute Gasteiger partial charge is 0.322 e. The van der Waals surface area contributed by atoms with Gasteiger partial charge in [0.1, 0.15) is 0 Å². The summed E-state index contributed by atoms with van der Waals surface area (Å²) in [6.45, 7) is 7.82. The van der Waals surface area contributed by atoms with E-state index in [1.807, 2.05) is 56.3 Å². The van der Waals surface area contributed by atoms with Crippen LogP contribution in [-0.2, 0) is 11.2 Å². The summed E-state index contributed by atoms with van der Waals surface area (Å²) in [6.07, 6.45) is 1.71. The fraction of sp³-hybridized carbons (Fsp3) is 0.346. The number of nitrogens with zero attached hydrogens (tertiary/aromatic N) is 3. The fourth-order valence-electron chi connectivity index (χ4n) is 4.03. The minimum atomic E-state index is -0.377. The molecule has 33 heavy (non-hydrogen) atoms. The second-order valence-corrected chi connectivity index (χ2v) is 7.97. The zero-order chi connectivity index (χ0) is 23.2. The van der Waals surface area contributed by atoms with Crippen LogP contribution in [0.15, 0.2) is 64.8 Å². The molecular weight excluding hydrogens is 416 g/mol. The molecule has 1 unspecified atom stereocenters. The number of aromatic nitrogens is 2. The number of rotatable bonds is 9. The molecule has 4 rings (SSSR count). The third kappa shape index (κ3) is 4.98. The molecule has 1 atom stereocenters. The summed E-state index contributed by atoms with van der Waals surface area (Å²) in [5, 5.41) is 7.37. The molecule has 1 aromatic heterocycles. The van der Waals surface area contributed by atoms with Crippen LogP contribution in [0.3, 0.4) is 0 Å². The van der Waals surface area contributed by atoms with Gasteiger partial charge in [0.05, 0.1) is 11.6 Å². The average molecular weight is 447 g/mol. The van der Waals surface area contributed by atoms with Crippen molar-refractivity contribution in [3.05, 3.63) is 77.3 Å². The first-order valence-corrected chi connectivity index (χ1v) is 11.5. The van der Waals surface area contributed by atoms with Gasteiger partial charge >= 0.3 is 6.03 Å². The second kappa shape index (κ2) is 10.4. The highest BCUT2D eigenvalue weighted by Crippen LogP contribution is 2.37. The number of hydrogen-bond donors (Lipinski definition) is 1. The molecule has 0 bridgehead atoms. The molecule has 7 nitrogen and oxygen atoms in total. The molecule has 0 saturated carbocycles. The first-order chi connectivity index (χ1) is 16.1. The maximum atomic E-state index is 13.0. The van der Waals surface area contributed by atoms with Crippen molar-refractivity contribution in [2.24, 2.45) is 0 Å². The van der Waals surface area contributed by atoms with E-state index in [-0.39, 0.29) is 12.1 Å². The standard InChI is InChI=1S/C26H30N4O3/c1-4-19-12-14-21(15-13-19)24-28-25(33-29-24)22-18(3)30(16-9-17-32-5-2)26(31)27-23(22)20-10-7-6-8-11-20/h6-8,10-15,23H,4-5,9,16-17H2,1-3H3,(H,27,31). The van der Waals surface area contributed by atoms with Crippen molar-refractivity contribution in [3.63, 3.8) is 0 Å². The highest BCUT2D eigenvalue weighted by molar-refractivity contribution is 5.86. The van der Waals surface area contributed by atoms with Gasteiger partial charge in [0.15, 0.2) is 0 Å². The largest absolute Gasteiger partial charge is 0.382 e. The molecule has 2 aromatic carbocycles. The topological polar surface area (TPSA) is 80.5 Å². The van der Waals surface area contributed by atoms with Crippen molar-refractivity contribution in [2.45, 2.75) is 39.7 Å². The first kappa shape index (κ1) is 22.7. The molecule has 0 radical (unpaired) electrons. The van der Waals surface area contributed by atoms with Gasteiger partial charge in [-0.3, -0.25) is 4.90 Å². The predicted octanol–water partition coefficient (Wildman–Crippen LogP) is 5.22. The van der Waals surface area contributed by atoms with Crippen LogP contribution in [0.2, 0.25) is 0 Å². The lowest BCUT2D eigenvalue weighted by molar-refractivity contribution is 0.136. The quantitative estimate of drug-likeness (QED) is 0.456. The van der Waals surface area contributed by atoms with E-state index in [2.05, 4.69) is 29.5 Å². The molecule has 1 aliphatic heterocycles. The van der Waals surface area contributed by atoms with E-state index < -0.39 is 0 Å². The van der Waals surface area contributed by atoms with Gasteiger partial charge in [-0.1, -0.05) is 66.7 Å². The van der Waals surface area contributed by atoms with Crippen molar-refractivity contribution in [1.29, 1.82) is 0 Å². The Morgan fingerprint density at radius 2 is 1.85 bits per heavy atom. The Morgan fingerprint density at radius 3 is 2.55 bits per heavy atom. The molecule has 2 amide bonds. The third-order valence-corrected chi connectivity index (χ3v) is 5.88. The van der Waals surface area contributed by atoms with E-state index >= 15 is 0 Å². The number of hydrogen-bond acceptors (Lipinski definition) is 5. The van der Waals surface area contributed by atoms with E-state index in [1.165, 1.54) is 5.56 Å². The van der Waals surface area contributed by atoms with Gasteiger partial charge in [-0.25, -0.2) is 4.79 Å². The van der Waals surface area contributed by atoms with Crippen molar-refractivity contribution >= 4 is 11.6 Å². The van der Waals surface area contributed by atoms with Gasteiger partial charge < -0.3 is 14.6 Å². The zero-order valence-corrected chi connectivity index (χ0v) is 19.4. The molecule has 3 aromatic rings. The molecule has 0 fully saturated rings. The minimum absolute atomic E-state index is 0.142. The monoisotopic (exact) mass is 446 g/mol. The Bertz CT molecular complexity index is 1110. The number of benzene rings is 2. The minimum Gasteiger partial charge on any atom is -0.382 e. The van der Waals surface area contributed by atoms with Crippen molar-refractivity contribution < 1.29 is 14.1 Å². The van der Waals surface area contributed by atoms with E-state index in [4.69, 9.17) is 14.2 Å². The number of carbonyl (C=O) groups is 1. The number of urea groups is 1. The predicted molar refractivity (Wildman–Crippen MR) is 127 cm³/mol. The lowest BCUT2D eigenvalue weighted by Crippen LogP contribution is -2.46. The summed E-state index contributed by atoms with van der Waals surface area (Å²) in [7, 11) is 0. The third-order valence-electron chi connectivity index (χ3n) is 5.88. The molecule has 0 aliphatic carbocycles. The highest BCUT2D eigenvalue weighted by Gasteiger charge is 2.35. The maximum Gasteiger partial charge on any atom is 0.322 e. The number of ether oxygens (including phenoxy) is 1. The van der Waals surface area contributed by atoms with Crippen LogP contribution in [0.25, 0.3) is 17.0 Å². The van der Waals surface area contributed by atoms with E-state index in [0.717, 1.165) is 35.2 Å². The number of nitrogens with one attached hydrogen (secondary N) is 1. The van der Waals surface area contributed by atoms with Gasteiger partial charge in [-0.2, -0.15) is 4.98 Å². The Balaban J connectivity index is 1.70. The summed E-state index contributed by atoms with van der Waals surface area (Å²) >= 11 is 0. The SMILES string of the molecule is CCOCCCN1C(=O)NC(c2ccccc2)C(c2nc(-c3ccc(CC)cc3)no2)=C1C. The van der Waals surface area contributed by atoms with Crippen LogP contribution in [0.5, 0.6) is 0 Å². The Kier molecular flexibility index (Phi) is 7.19. The van der Waals surface area contributed by atoms with Crippen molar-refractivity contribution in [2.75, 3.05) is 19.8 Å². The summed E-state index contributed by atoms with van der Waals surface area (Å²) < 4.78 is 11.2. The van der Waals surface area contributed by atoms with Gasteiger partial charge in [-0.05, 0) is 37.8 Å². The fourth-order valence-corrected chi connectivity index (χ4v) is 4.03.